The molecule has 2 rings (SSSR count). The van der Waals surface area contributed by atoms with Crippen LogP contribution in [-0.4, -0.2) is 0 Å². The van der Waals surface area contributed by atoms with Gasteiger partial charge in [-0.15, -0.1) is 0 Å². The highest BCUT2D eigenvalue weighted by Gasteiger charge is 2.07. The first-order chi connectivity index (χ1) is 8.58. The van der Waals surface area contributed by atoms with Crippen LogP contribution in [0.4, 0.5) is 5.69 Å². The van der Waals surface area contributed by atoms with Crippen LogP contribution in [0.15, 0.2) is 40.9 Å². The van der Waals surface area contributed by atoms with E-state index in [-0.39, 0.29) is 0 Å². The van der Waals surface area contributed by atoms with Crippen molar-refractivity contribution in [1.82, 2.24) is 0 Å². The van der Waals surface area contributed by atoms with Crippen LogP contribution in [-0.2, 0) is 6.61 Å². The van der Waals surface area contributed by atoms with E-state index in [1.54, 1.807) is 18.2 Å². The largest absolute Gasteiger partial charge is 0.487 e. The van der Waals surface area contributed by atoms with Gasteiger partial charge in [-0.3, -0.25) is 0 Å². The van der Waals surface area contributed by atoms with Crippen LogP contribution in [0.1, 0.15) is 5.56 Å². The number of nitrogens with two attached hydrogens (primary N) is 1. The van der Waals surface area contributed by atoms with Gasteiger partial charge in [-0.1, -0.05) is 45.2 Å². The first-order valence-electron chi connectivity index (χ1n) is 5.18. The summed E-state index contributed by atoms with van der Waals surface area (Å²) in [4.78, 5) is 0. The molecule has 0 aliphatic rings. The van der Waals surface area contributed by atoms with Gasteiger partial charge in [0.2, 0.25) is 0 Å². The topological polar surface area (TPSA) is 35.2 Å². The van der Waals surface area contributed by atoms with Gasteiger partial charge in [0, 0.05) is 20.7 Å². The third-order valence-electron chi connectivity index (χ3n) is 2.42. The summed E-state index contributed by atoms with van der Waals surface area (Å²) in [5.41, 5.74) is 7.45. The first kappa shape index (κ1) is 13.5. The number of halogens is 3. The molecular weight excluding hydrogens is 337 g/mol. The van der Waals surface area contributed by atoms with Crippen molar-refractivity contribution in [3.8, 4) is 5.75 Å². The van der Waals surface area contributed by atoms with Crippen molar-refractivity contribution < 1.29 is 4.74 Å². The number of anilines is 1. The van der Waals surface area contributed by atoms with E-state index in [2.05, 4.69) is 15.9 Å². The van der Waals surface area contributed by atoms with Crippen LogP contribution >= 0.6 is 39.1 Å². The Kier molecular flexibility index (Phi) is 4.38. The molecule has 2 aromatic carbocycles. The van der Waals surface area contributed by atoms with Crippen LogP contribution in [0.2, 0.25) is 10.0 Å². The molecule has 2 N–H and O–H groups in total. The van der Waals surface area contributed by atoms with Crippen molar-refractivity contribution in [3.05, 3.63) is 56.5 Å². The lowest BCUT2D eigenvalue weighted by molar-refractivity contribution is 0.306. The van der Waals surface area contributed by atoms with E-state index < -0.39 is 0 Å². The van der Waals surface area contributed by atoms with Crippen LogP contribution in [0, 0.1) is 0 Å². The molecule has 0 saturated heterocycles. The average Bonchev–Trinajstić information content (AvgIpc) is 2.31. The highest BCUT2D eigenvalue weighted by atomic mass is 79.9. The number of hydrogen-bond acceptors (Lipinski definition) is 2. The van der Waals surface area contributed by atoms with Gasteiger partial charge < -0.3 is 10.5 Å². The summed E-state index contributed by atoms with van der Waals surface area (Å²) in [5, 5.41) is 1.06. The molecule has 0 aliphatic heterocycles. The molecule has 0 saturated carbocycles. The van der Waals surface area contributed by atoms with Crippen LogP contribution in [0.5, 0.6) is 5.75 Å². The van der Waals surface area contributed by atoms with Crippen LogP contribution in [0.25, 0.3) is 0 Å². The lowest BCUT2D eigenvalue weighted by atomic mass is 10.2. The minimum Gasteiger partial charge on any atom is -0.487 e. The highest BCUT2D eigenvalue weighted by molar-refractivity contribution is 9.10. The van der Waals surface area contributed by atoms with Crippen LogP contribution in [0.3, 0.4) is 0 Å². The van der Waals surface area contributed by atoms with E-state index in [0.29, 0.717) is 28.1 Å². The minimum absolute atomic E-state index is 0.342. The van der Waals surface area contributed by atoms with Gasteiger partial charge in [0.05, 0.1) is 5.02 Å². The SMILES string of the molecule is Nc1cccc(Br)c1COc1ccc(Cl)cc1Cl. The van der Waals surface area contributed by atoms with Crippen LogP contribution < -0.4 is 10.5 Å². The van der Waals surface area contributed by atoms with E-state index in [4.69, 9.17) is 33.7 Å². The van der Waals surface area contributed by atoms with E-state index in [9.17, 15) is 0 Å². The number of hydrogen-bond donors (Lipinski definition) is 1. The fraction of sp³-hybridized carbons (Fsp3) is 0.0769. The molecule has 2 aromatic rings. The second-order valence-corrected chi connectivity index (χ2v) is 5.37. The molecule has 0 radical (unpaired) electrons. The van der Waals surface area contributed by atoms with Gasteiger partial charge in [0.15, 0.2) is 0 Å². The lowest BCUT2D eigenvalue weighted by Crippen LogP contribution is -2.01. The van der Waals surface area contributed by atoms with Crippen molar-refractivity contribution in [2.75, 3.05) is 5.73 Å². The molecule has 0 amide bonds. The Labute approximate surface area is 124 Å². The van der Waals surface area contributed by atoms with Crippen molar-refractivity contribution in [1.29, 1.82) is 0 Å². The summed E-state index contributed by atoms with van der Waals surface area (Å²) in [6, 6.07) is 10.7. The van der Waals surface area contributed by atoms with Gasteiger partial charge in [0.1, 0.15) is 12.4 Å². The summed E-state index contributed by atoms with van der Waals surface area (Å²) < 4.78 is 6.55. The fourth-order valence-electron chi connectivity index (χ4n) is 1.47. The Morgan fingerprint density at radius 2 is 1.94 bits per heavy atom. The van der Waals surface area contributed by atoms with Crippen molar-refractivity contribution >= 4 is 44.8 Å². The van der Waals surface area contributed by atoms with Gasteiger partial charge in [-0.25, -0.2) is 0 Å². The molecule has 2 nitrogen and oxygen atoms in total. The fourth-order valence-corrected chi connectivity index (χ4v) is 2.43. The summed E-state index contributed by atoms with van der Waals surface area (Å²) in [6.45, 7) is 0.342. The zero-order valence-electron chi connectivity index (χ0n) is 9.29. The third kappa shape index (κ3) is 3.10. The number of benzene rings is 2. The molecule has 94 valence electrons. The van der Waals surface area contributed by atoms with Gasteiger partial charge in [-0.2, -0.15) is 0 Å². The predicted octanol–water partition coefficient (Wildman–Crippen LogP) is 4.92. The second-order valence-electron chi connectivity index (χ2n) is 3.67. The van der Waals surface area contributed by atoms with Crippen molar-refractivity contribution in [2.45, 2.75) is 6.61 Å². The number of nitrogen functional groups attached to an aromatic ring is 1. The smallest absolute Gasteiger partial charge is 0.138 e. The minimum atomic E-state index is 0.342. The summed E-state index contributed by atoms with van der Waals surface area (Å²) in [7, 11) is 0. The number of ether oxygens (including phenoxy) is 1. The normalized spacial score (nSPS) is 10.4. The van der Waals surface area contributed by atoms with Gasteiger partial charge >= 0.3 is 0 Å². The molecule has 5 heteroatoms. The Morgan fingerprint density at radius 1 is 1.17 bits per heavy atom. The quantitative estimate of drug-likeness (QED) is 0.801. The zero-order valence-corrected chi connectivity index (χ0v) is 12.4. The standard InChI is InChI=1S/C13H10BrCl2NO/c14-10-2-1-3-12(17)9(10)7-18-13-5-4-8(15)6-11(13)16/h1-6H,7,17H2. The summed E-state index contributed by atoms with van der Waals surface area (Å²) in [6.07, 6.45) is 0. The first-order valence-corrected chi connectivity index (χ1v) is 6.73. The third-order valence-corrected chi connectivity index (χ3v) is 3.69. The average molecular weight is 347 g/mol. The molecule has 18 heavy (non-hydrogen) atoms. The Morgan fingerprint density at radius 3 is 2.61 bits per heavy atom. The van der Waals surface area contributed by atoms with E-state index in [1.165, 1.54) is 0 Å². The molecule has 0 fully saturated rings. The monoisotopic (exact) mass is 345 g/mol. The van der Waals surface area contributed by atoms with E-state index in [0.717, 1.165) is 10.0 Å². The molecule has 0 heterocycles. The van der Waals surface area contributed by atoms with Crippen molar-refractivity contribution in [3.63, 3.8) is 0 Å². The van der Waals surface area contributed by atoms with E-state index in [1.807, 2.05) is 18.2 Å². The molecule has 0 atom stereocenters. The molecule has 0 spiro atoms. The number of rotatable bonds is 3. The lowest BCUT2D eigenvalue weighted by Gasteiger charge is -2.11. The maximum atomic E-state index is 6.02. The molecule has 0 aromatic heterocycles. The zero-order chi connectivity index (χ0) is 13.1. The van der Waals surface area contributed by atoms with Gasteiger partial charge in [0.25, 0.3) is 0 Å². The predicted molar refractivity (Wildman–Crippen MR) is 79.3 cm³/mol. The maximum Gasteiger partial charge on any atom is 0.138 e. The Hall–Kier alpha value is -0.900. The molecule has 0 bridgehead atoms. The molecule has 0 aliphatic carbocycles. The second kappa shape index (κ2) is 5.83. The Balaban J connectivity index is 2.16. The maximum absolute atomic E-state index is 6.02. The van der Waals surface area contributed by atoms with Crippen molar-refractivity contribution in [2.24, 2.45) is 0 Å². The highest BCUT2D eigenvalue weighted by Crippen LogP contribution is 2.30. The molecular formula is C13H10BrCl2NO. The van der Waals surface area contributed by atoms with Gasteiger partial charge in [-0.05, 0) is 30.3 Å². The summed E-state index contributed by atoms with van der Waals surface area (Å²) >= 11 is 15.3. The summed E-state index contributed by atoms with van der Waals surface area (Å²) in [5.74, 6) is 0.580. The van der Waals surface area contributed by atoms with E-state index >= 15 is 0 Å². The Bertz CT molecular complexity index is 555. The molecule has 0 unspecified atom stereocenters.